The van der Waals surface area contributed by atoms with Crippen LogP contribution in [0.25, 0.3) is 0 Å². The Kier molecular flexibility index (Phi) is 4.95. The van der Waals surface area contributed by atoms with Crippen molar-refractivity contribution in [2.75, 3.05) is 19.0 Å². The third kappa shape index (κ3) is 4.24. The Balaban J connectivity index is 1.73. The van der Waals surface area contributed by atoms with E-state index < -0.39 is 0 Å². The summed E-state index contributed by atoms with van der Waals surface area (Å²) in [6, 6.07) is 7.57. The summed E-state index contributed by atoms with van der Waals surface area (Å²) < 4.78 is 5.09. The lowest BCUT2D eigenvalue weighted by Gasteiger charge is -2.06. The molecular formula is C14H17N3O2S. The van der Waals surface area contributed by atoms with Gasteiger partial charge in [0.2, 0.25) is 0 Å². The predicted molar refractivity (Wildman–Crippen MR) is 80.6 cm³/mol. The van der Waals surface area contributed by atoms with Crippen LogP contribution >= 0.6 is 11.3 Å². The van der Waals surface area contributed by atoms with E-state index in [9.17, 15) is 4.79 Å². The number of carbonyl (C=O) groups excluding carboxylic acids is 1. The van der Waals surface area contributed by atoms with Crippen LogP contribution in [-0.2, 0) is 6.42 Å². The second-order valence-electron chi connectivity index (χ2n) is 4.27. The molecule has 2 amide bonds. The fourth-order valence-electron chi connectivity index (χ4n) is 1.67. The number of rotatable bonds is 5. The summed E-state index contributed by atoms with van der Waals surface area (Å²) in [5, 5.41) is 8.02. The molecular weight excluding hydrogens is 274 g/mol. The van der Waals surface area contributed by atoms with Crippen LogP contribution < -0.4 is 15.4 Å². The van der Waals surface area contributed by atoms with Crippen LogP contribution in [0.4, 0.5) is 9.93 Å². The summed E-state index contributed by atoms with van der Waals surface area (Å²) in [5.74, 6) is 0.832. The molecule has 0 fully saturated rings. The normalized spacial score (nSPS) is 10.1. The van der Waals surface area contributed by atoms with E-state index in [4.69, 9.17) is 4.74 Å². The smallest absolute Gasteiger partial charge is 0.321 e. The first-order valence-electron chi connectivity index (χ1n) is 6.27. The van der Waals surface area contributed by atoms with Gasteiger partial charge < -0.3 is 10.1 Å². The van der Waals surface area contributed by atoms with Gasteiger partial charge >= 0.3 is 6.03 Å². The summed E-state index contributed by atoms with van der Waals surface area (Å²) in [4.78, 5) is 15.8. The SMILES string of the molecule is COc1ccc(CCNC(=O)Nc2nc(C)cs2)cc1. The van der Waals surface area contributed by atoms with Crippen LogP contribution in [-0.4, -0.2) is 24.7 Å². The molecule has 0 spiro atoms. The van der Waals surface area contributed by atoms with Crippen molar-refractivity contribution in [3.63, 3.8) is 0 Å². The Bertz CT molecular complexity index is 566. The fraction of sp³-hybridized carbons (Fsp3) is 0.286. The number of aryl methyl sites for hydroxylation is 1. The molecule has 0 saturated carbocycles. The standard InChI is InChI=1S/C14H17N3O2S/c1-10-9-20-14(16-10)17-13(18)15-8-7-11-3-5-12(19-2)6-4-11/h3-6,9H,7-8H2,1-2H3,(H2,15,16,17,18). The molecule has 0 aliphatic heterocycles. The lowest BCUT2D eigenvalue weighted by molar-refractivity contribution is 0.252. The van der Waals surface area contributed by atoms with Crippen molar-refractivity contribution in [1.29, 1.82) is 0 Å². The number of thiazole rings is 1. The number of carbonyl (C=O) groups is 1. The van der Waals surface area contributed by atoms with Gasteiger partial charge in [0.25, 0.3) is 0 Å². The number of amides is 2. The topological polar surface area (TPSA) is 63.2 Å². The minimum atomic E-state index is -0.229. The monoisotopic (exact) mass is 291 g/mol. The fourth-order valence-corrected chi connectivity index (χ4v) is 2.35. The minimum absolute atomic E-state index is 0.229. The highest BCUT2D eigenvalue weighted by Gasteiger charge is 2.04. The van der Waals surface area contributed by atoms with E-state index in [-0.39, 0.29) is 6.03 Å². The van der Waals surface area contributed by atoms with Gasteiger partial charge in [-0.25, -0.2) is 9.78 Å². The molecule has 0 saturated heterocycles. The maximum atomic E-state index is 11.6. The lowest BCUT2D eigenvalue weighted by atomic mass is 10.1. The highest BCUT2D eigenvalue weighted by molar-refractivity contribution is 7.13. The third-order valence-electron chi connectivity index (χ3n) is 2.70. The first-order chi connectivity index (χ1) is 9.67. The van der Waals surface area contributed by atoms with Gasteiger partial charge in [0.05, 0.1) is 12.8 Å². The summed E-state index contributed by atoms with van der Waals surface area (Å²) in [6.45, 7) is 2.46. The van der Waals surface area contributed by atoms with Crippen LogP contribution in [0.5, 0.6) is 5.75 Å². The maximum Gasteiger partial charge on any atom is 0.321 e. The molecule has 0 radical (unpaired) electrons. The Morgan fingerprint density at radius 2 is 2.10 bits per heavy atom. The molecule has 0 atom stereocenters. The van der Waals surface area contributed by atoms with Crippen LogP contribution in [0.3, 0.4) is 0 Å². The lowest BCUT2D eigenvalue weighted by Crippen LogP contribution is -2.30. The molecule has 0 aliphatic carbocycles. The third-order valence-corrected chi connectivity index (χ3v) is 3.57. The quantitative estimate of drug-likeness (QED) is 0.890. The average Bonchev–Trinajstić information content (AvgIpc) is 2.85. The number of benzene rings is 1. The summed E-state index contributed by atoms with van der Waals surface area (Å²) in [6.07, 6.45) is 0.772. The molecule has 2 rings (SSSR count). The Morgan fingerprint density at radius 3 is 2.70 bits per heavy atom. The zero-order valence-corrected chi connectivity index (χ0v) is 12.3. The van der Waals surface area contributed by atoms with Crippen LogP contribution in [0.2, 0.25) is 0 Å². The average molecular weight is 291 g/mol. The number of aromatic nitrogens is 1. The summed E-state index contributed by atoms with van der Waals surface area (Å²) in [7, 11) is 1.64. The van der Waals surface area contributed by atoms with Gasteiger partial charge in [-0.3, -0.25) is 5.32 Å². The number of nitrogens with one attached hydrogen (secondary N) is 2. The van der Waals surface area contributed by atoms with E-state index in [1.165, 1.54) is 11.3 Å². The molecule has 0 bridgehead atoms. The number of hydrogen-bond acceptors (Lipinski definition) is 4. The van der Waals surface area contributed by atoms with E-state index >= 15 is 0 Å². The van der Waals surface area contributed by atoms with Gasteiger partial charge in [-0.15, -0.1) is 11.3 Å². The Labute approximate surface area is 122 Å². The van der Waals surface area contributed by atoms with Gasteiger partial charge in [0, 0.05) is 11.9 Å². The first-order valence-corrected chi connectivity index (χ1v) is 7.15. The van der Waals surface area contributed by atoms with Gasteiger partial charge in [-0.1, -0.05) is 12.1 Å². The zero-order chi connectivity index (χ0) is 14.4. The van der Waals surface area contributed by atoms with Crippen molar-refractivity contribution in [3.05, 3.63) is 40.9 Å². The molecule has 1 heterocycles. The molecule has 20 heavy (non-hydrogen) atoms. The van der Waals surface area contributed by atoms with E-state index in [2.05, 4.69) is 15.6 Å². The molecule has 2 N–H and O–H groups in total. The first kappa shape index (κ1) is 14.3. The predicted octanol–water partition coefficient (Wildman–Crippen LogP) is 2.82. The molecule has 1 aromatic carbocycles. The maximum absolute atomic E-state index is 11.6. The second-order valence-corrected chi connectivity index (χ2v) is 5.13. The molecule has 106 valence electrons. The van der Waals surface area contributed by atoms with Crippen molar-refractivity contribution in [1.82, 2.24) is 10.3 Å². The number of nitrogens with zero attached hydrogens (tertiary/aromatic N) is 1. The largest absolute Gasteiger partial charge is 0.497 e. The van der Waals surface area contributed by atoms with Crippen molar-refractivity contribution in [2.24, 2.45) is 0 Å². The van der Waals surface area contributed by atoms with Gasteiger partial charge in [0.1, 0.15) is 5.75 Å². The van der Waals surface area contributed by atoms with Gasteiger partial charge in [-0.2, -0.15) is 0 Å². The summed E-state index contributed by atoms with van der Waals surface area (Å²) in [5.41, 5.74) is 2.06. The molecule has 2 aromatic rings. The number of hydrogen-bond donors (Lipinski definition) is 2. The number of urea groups is 1. The van der Waals surface area contributed by atoms with Gasteiger partial charge in [-0.05, 0) is 31.0 Å². The van der Waals surface area contributed by atoms with E-state index in [0.717, 1.165) is 23.4 Å². The number of methoxy groups -OCH3 is 1. The minimum Gasteiger partial charge on any atom is -0.497 e. The van der Waals surface area contributed by atoms with Crippen molar-refractivity contribution in [3.8, 4) is 5.75 Å². The van der Waals surface area contributed by atoms with Crippen LogP contribution in [0.1, 0.15) is 11.3 Å². The highest BCUT2D eigenvalue weighted by Crippen LogP contribution is 2.14. The Hall–Kier alpha value is -2.08. The van der Waals surface area contributed by atoms with E-state index in [1.54, 1.807) is 7.11 Å². The molecule has 0 aliphatic rings. The number of ether oxygens (including phenoxy) is 1. The number of anilines is 1. The summed E-state index contributed by atoms with van der Waals surface area (Å²) >= 11 is 1.41. The van der Waals surface area contributed by atoms with E-state index in [0.29, 0.717) is 11.7 Å². The van der Waals surface area contributed by atoms with Crippen molar-refractivity contribution >= 4 is 22.5 Å². The molecule has 0 unspecified atom stereocenters. The van der Waals surface area contributed by atoms with Crippen LogP contribution in [0.15, 0.2) is 29.6 Å². The van der Waals surface area contributed by atoms with Crippen molar-refractivity contribution < 1.29 is 9.53 Å². The van der Waals surface area contributed by atoms with Crippen molar-refractivity contribution in [2.45, 2.75) is 13.3 Å². The highest BCUT2D eigenvalue weighted by atomic mass is 32.1. The molecule has 6 heteroatoms. The Morgan fingerprint density at radius 1 is 1.35 bits per heavy atom. The second kappa shape index (κ2) is 6.91. The molecule has 5 nitrogen and oxygen atoms in total. The zero-order valence-electron chi connectivity index (χ0n) is 11.5. The van der Waals surface area contributed by atoms with Crippen LogP contribution in [0, 0.1) is 6.92 Å². The van der Waals surface area contributed by atoms with Gasteiger partial charge in [0.15, 0.2) is 5.13 Å². The van der Waals surface area contributed by atoms with E-state index in [1.807, 2.05) is 36.6 Å². The molecule has 1 aromatic heterocycles.